The minimum Gasteiger partial charge on any atom is -0.493 e. The van der Waals surface area contributed by atoms with E-state index < -0.39 is 11.6 Å². The van der Waals surface area contributed by atoms with Crippen molar-refractivity contribution in [3.05, 3.63) is 29.8 Å². The van der Waals surface area contributed by atoms with Crippen LogP contribution in [0.2, 0.25) is 0 Å². The maximum Gasteiger partial charge on any atom is 0.407 e. The molecule has 1 amide bonds. The maximum absolute atomic E-state index is 11.6. The highest BCUT2D eigenvalue weighted by atomic mass is 16.5. The lowest BCUT2D eigenvalue weighted by molar-refractivity contribution is -0.123. The molecule has 0 atom stereocenters. The Hall–Kier alpha value is -2.83. The van der Waals surface area contributed by atoms with Crippen molar-refractivity contribution < 1.29 is 29.0 Å². The van der Waals surface area contributed by atoms with Gasteiger partial charge in [0.15, 0.2) is 17.3 Å². The lowest BCUT2D eigenvalue weighted by Gasteiger charge is -2.33. The number of hydrogen-bond donors (Lipinski definition) is 1. The van der Waals surface area contributed by atoms with E-state index in [1.165, 1.54) is 25.0 Å². The van der Waals surface area contributed by atoms with Crippen molar-refractivity contribution >= 4 is 23.7 Å². The molecule has 0 saturated carbocycles. The highest BCUT2D eigenvalue weighted by Gasteiger charge is 2.25. The third kappa shape index (κ3) is 7.52. The molecular weight excluding hydrogens is 350 g/mol. The fraction of sp³-hybridized carbons (Fsp3) is 0.450. The number of benzene rings is 1. The van der Waals surface area contributed by atoms with Gasteiger partial charge < -0.3 is 19.5 Å². The van der Waals surface area contributed by atoms with Crippen LogP contribution in [0.25, 0.3) is 6.08 Å². The molecule has 0 aromatic heterocycles. The van der Waals surface area contributed by atoms with Gasteiger partial charge in [0.25, 0.3) is 0 Å². The van der Waals surface area contributed by atoms with Gasteiger partial charge in [-0.15, -0.1) is 0 Å². The fourth-order valence-corrected chi connectivity index (χ4v) is 2.37. The molecule has 0 bridgehead atoms. The Kier molecular flexibility index (Phi) is 8.02. The van der Waals surface area contributed by atoms with Crippen molar-refractivity contribution in [2.24, 2.45) is 0 Å². The molecule has 0 saturated heterocycles. The van der Waals surface area contributed by atoms with E-state index in [4.69, 9.17) is 9.47 Å². The Morgan fingerprint density at radius 3 is 2.37 bits per heavy atom. The van der Waals surface area contributed by atoms with Crippen molar-refractivity contribution in [2.45, 2.75) is 39.7 Å². The highest BCUT2D eigenvalue weighted by molar-refractivity contribution is 6.05. The average Bonchev–Trinajstić information content (AvgIpc) is 2.55. The maximum atomic E-state index is 11.6. The molecule has 0 aliphatic carbocycles. The minimum atomic E-state index is -1.01. The molecule has 0 radical (unpaired) electrons. The van der Waals surface area contributed by atoms with Crippen molar-refractivity contribution in [2.75, 3.05) is 20.3 Å². The van der Waals surface area contributed by atoms with E-state index in [1.807, 2.05) is 20.8 Å². The first-order chi connectivity index (χ1) is 12.5. The lowest BCUT2D eigenvalue weighted by Crippen LogP contribution is -2.46. The predicted octanol–water partition coefficient (Wildman–Crippen LogP) is 3.41. The summed E-state index contributed by atoms with van der Waals surface area (Å²) in [4.78, 5) is 35.1. The zero-order valence-electron chi connectivity index (χ0n) is 16.4. The summed E-state index contributed by atoms with van der Waals surface area (Å²) >= 11 is 0. The molecule has 1 aromatic carbocycles. The summed E-state index contributed by atoms with van der Waals surface area (Å²) in [6, 6.07) is 5.13. The summed E-state index contributed by atoms with van der Waals surface area (Å²) < 4.78 is 11.0. The number of ketones is 2. The number of allylic oxidation sites excluding steroid dienone is 1. The number of amides is 1. The van der Waals surface area contributed by atoms with Gasteiger partial charge in [0, 0.05) is 5.54 Å². The van der Waals surface area contributed by atoms with E-state index in [0.29, 0.717) is 11.5 Å². The van der Waals surface area contributed by atoms with Crippen molar-refractivity contribution in [1.29, 1.82) is 0 Å². The number of nitrogens with zero attached hydrogens (tertiary/aromatic N) is 1. The number of rotatable bonds is 9. The molecule has 7 nitrogen and oxygen atoms in total. The molecule has 27 heavy (non-hydrogen) atoms. The third-order valence-corrected chi connectivity index (χ3v) is 3.69. The first kappa shape index (κ1) is 22.2. The van der Waals surface area contributed by atoms with Crippen LogP contribution in [0.3, 0.4) is 0 Å². The highest BCUT2D eigenvalue weighted by Crippen LogP contribution is 2.28. The van der Waals surface area contributed by atoms with Gasteiger partial charge in [-0.2, -0.15) is 0 Å². The Bertz CT molecular complexity index is 718. The molecular formula is C20H27NO6. The van der Waals surface area contributed by atoms with E-state index in [0.717, 1.165) is 5.56 Å². The first-order valence-electron chi connectivity index (χ1n) is 8.56. The second-order valence-corrected chi connectivity index (χ2v) is 7.04. The summed E-state index contributed by atoms with van der Waals surface area (Å²) in [5.74, 6) is 0.493. The average molecular weight is 377 g/mol. The summed E-state index contributed by atoms with van der Waals surface area (Å²) in [7, 11) is 1.50. The topological polar surface area (TPSA) is 93.1 Å². The summed E-state index contributed by atoms with van der Waals surface area (Å²) in [5.41, 5.74) is 0.193. The molecule has 0 aliphatic rings. The Morgan fingerprint density at radius 1 is 1.19 bits per heavy atom. The zero-order valence-corrected chi connectivity index (χ0v) is 16.4. The molecule has 0 aliphatic heterocycles. The summed E-state index contributed by atoms with van der Waals surface area (Å²) in [6.45, 7) is 7.20. The van der Waals surface area contributed by atoms with E-state index in [2.05, 4.69) is 0 Å². The first-order valence-corrected chi connectivity index (χ1v) is 8.56. The quantitative estimate of drug-likeness (QED) is 0.524. The van der Waals surface area contributed by atoms with Crippen molar-refractivity contribution in [1.82, 2.24) is 4.90 Å². The SMILES string of the molecule is COc1cc(C=CC(=O)CC(C)=O)ccc1OCCN(C(=O)O)C(C)(C)C. The van der Waals surface area contributed by atoms with Crippen LogP contribution in [0, 0.1) is 0 Å². The Morgan fingerprint density at radius 2 is 1.85 bits per heavy atom. The molecule has 1 rings (SSSR count). The number of Topliss-reactive ketones (excluding diaryl/α,β-unsaturated/α-hetero) is 1. The number of carbonyl (C=O) groups excluding carboxylic acids is 2. The summed E-state index contributed by atoms with van der Waals surface area (Å²) in [5, 5.41) is 9.29. The summed E-state index contributed by atoms with van der Waals surface area (Å²) in [6.07, 6.45) is 1.82. The van der Waals surface area contributed by atoms with Crippen LogP contribution in [0.1, 0.15) is 39.7 Å². The Labute approximate surface area is 159 Å². The van der Waals surface area contributed by atoms with E-state index in [-0.39, 0.29) is 31.1 Å². The van der Waals surface area contributed by atoms with Crippen LogP contribution >= 0.6 is 0 Å². The third-order valence-electron chi connectivity index (χ3n) is 3.69. The van der Waals surface area contributed by atoms with E-state index in [1.54, 1.807) is 24.3 Å². The van der Waals surface area contributed by atoms with Gasteiger partial charge in [0.2, 0.25) is 0 Å². The van der Waals surface area contributed by atoms with Gasteiger partial charge in [0.1, 0.15) is 12.4 Å². The predicted molar refractivity (Wildman–Crippen MR) is 102 cm³/mol. The second-order valence-electron chi connectivity index (χ2n) is 7.04. The van der Waals surface area contributed by atoms with Crippen LogP contribution in [0.5, 0.6) is 11.5 Å². The molecule has 7 heteroatoms. The van der Waals surface area contributed by atoms with Crippen LogP contribution in [0.15, 0.2) is 24.3 Å². The fourth-order valence-electron chi connectivity index (χ4n) is 2.37. The van der Waals surface area contributed by atoms with Gasteiger partial charge >= 0.3 is 6.09 Å². The van der Waals surface area contributed by atoms with Gasteiger partial charge in [-0.25, -0.2) is 4.79 Å². The number of ether oxygens (including phenoxy) is 2. The normalized spacial score (nSPS) is 11.3. The van der Waals surface area contributed by atoms with Gasteiger partial charge in [0.05, 0.1) is 20.1 Å². The number of methoxy groups -OCH3 is 1. The standard InChI is InChI=1S/C20H27NO6/c1-14(22)12-16(23)8-6-15-7-9-17(18(13-15)26-5)27-11-10-21(19(24)25)20(2,3)4/h6-9,13H,10-12H2,1-5H3,(H,24,25). The number of carboxylic acid groups (broad SMARTS) is 1. The largest absolute Gasteiger partial charge is 0.493 e. The molecule has 0 unspecified atom stereocenters. The van der Waals surface area contributed by atoms with Crippen molar-refractivity contribution in [3.8, 4) is 11.5 Å². The second kappa shape index (κ2) is 9.75. The molecule has 148 valence electrons. The molecule has 1 N–H and O–H groups in total. The van der Waals surface area contributed by atoms with Gasteiger partial charge in [-0.1, -0.05) is 12.1 Å². The van der Waals surface area contributed by atoms with Gasteiger partial charge in [-0.3, -0.25) is 9.59 Å². The Balaban J connectivity index is 2.77. The molecule has 0 fully saturated rings. The van der Waals surface area contributed by atoms with Crippen LogP contribution in [0.4, 0.5) is 4.79 Å². The van der Waals surface area contributed by atoms with E-state index in [9.17, 15) is 19.5 Å². The van der Waals surface area contributed by atoms with Crippen molar-refractivity contribution in [3.63, 3.8) is 0 Å². The smallest absolute Gasteiger partial charge is 0.407 e. The molecule has 1 aromatic rings. The van der Waals surface area contributed by atoms with Crippen LogP contribution in [-0.4, -0.2) is 53.5 Å². The van der Waals surface area contributed by atoms with Gasteiger partial charge in [-0.05, 0) is 51.5 Å². The van der Waals surface area contributed by atoms with Crippen LogP contribution < -0.4 is 9.47 Å². The zero-order chi connectivity index (χ0) is 20.6. The minimum absolute atomic E-state index is 0.122. The van der Waals surface area contributed by atoms with E-state index >= 15 is 0 Å². The number of carbonyl (C=O) groups is 3. The lowest BCUT2D eigenvalue weighted by atomic mass is 10.1. The van der Waals surface area contributed by atoms with Crippen LogP contribution in [-0.2, 0) is 9.59 Å². The number of hydrogen-bond acceptors (Lipinski definition) is 5. The molecule has 0 spiro atoms. The molecule has 0 heterocycles. The monoisotopic (exact) mass is 377 g/mol.